The Balaban J connectivity index is 1.94. The molecule has 0 amide bonds. The topological polar surface area (TPSA) is 54.4 Å². The summed E-state index contributed by atoms with van der Waals surface area (Å²) in [6, 6.07) is 12.9. The van der Waals surface area contributed by atoms with Gasteiger partial charge in [-0.2, -0.15) is 0 Å². The molecule has 0 saturated carbocycles. The van der Waals surface area contributed by atoms with Crippen LogP contribution in [0, 0.1) is 5.82 Å². The lowest BCUT2D eigenvalue weighted by Gasteiger charge is -2.22. The van der Waals surface area contributed by atoms with E-state index < -0.39 is 5.82 Å². The third kappa shape index (κ3) is 2.98. The quantitative estimate of drug-likeness (QED) is 0.697. The number of fused-ring (bicyclic) bond motifs is 1. The molecule has 0 spiro atoms. The number of anilines is 1. The summed E-state index contributed by atoms with van der Waals surface area (Å²) < 4.78 is 20.1. The number of phenols is 1. The van der Waals surface area contributed by atoms with Gasteiger partial charge in [0.15, 0.2) is 11.6 Å². The van der Waals surface area contributed by atoms with Crippen molar-refractivity contribution in [3.8, 4) is 33.9 Å². The fourth-order valence-electron chi connectivity index (χ4n) is 2.81. The van der Waals surface area contributed by atoms with Gasteiger partial charge in [0.2, 0.25) is 0 Å². The maximum absolute atomic E-state index is 14.3. The van der Waals surface area contributed by atoms with E-state index in [0.29, 0.717) is 41.0 Å². The maximum Gasteiger partial charge on any atom is 0.170 e. The molecule has 0 saturated heterocycles. The number of phenolic OH excluding ortho intramolecular Hbond substituents is 1. The normalized spacial score (nSPS) is 12.9. The van der Waals surface area contributed by atoms with Gasteiger partial charge in [-0.15, -0.1) is 0 Å². The Kier molecular flexibility index (Phi) is 3.93. The lowest BCUT2D eigenvalue weighted by atomic mass is 10.0. The molecule has 0 bridgehead atoms. The van der Waals surface area contributed by atoms with Crippen molar-refractivity contribution in [3.63, 3.8) is 0 Å². The molecule has 25 heavy (non-hydrogen) atoms. The third-order valence-electron chi connectivity index (χ3n) is 4.00. The van der Waals surface area contributed by atoms with Crippen molar-refractivity contribution < 1.29 is 14.2 Å². The maximum atomic E-state index is 14.3. The van der Waals surface area contributed by atoms with Crippen molar-refractivity contribution in [1.82, 2.24) is 4.98 Å². The standard InChI is InChI=1S/C19H14ClFN2O2/c20-12-3-6-16(21)15(9-12)17-10-14(11-1-4-13(24)5-2-11)18-19(23-17)22-7-8-25-18/h1-6,9-10,24H,7-8H2,(H,22,23). The lowest BCUT2D eigenvalue weighted by Crippen LogP contribution is -2.20. The Morgan fingerprint density at radius 3 is 2.68 bits per heavy atom. The molecule has 6 heteroatoms. The van der Waals surface area contributed by atoms with Crippen molar-refractivity contribution in [3.05, 3.63) is 59.4 Å². The van der Waals surface area contributed by atoms with Crippen LogP contribution in [0.4, 0.5) is 10.2 Å². The van der Waals surface area contributed by atoms with E-state index in [9.17, 15) is 9.50 Å². The van der Waals surface area contributed by atoms with Gasteiger partial charge < -0.3 is 15.2 Å². The molecule has 4 nitrogen and oxygen atoms in total. The van der Waals surface area contributed by atoms with Gasteiger partial charge in [0.1, 0.15) is 18.2 Å². The molecular formula is C19H14ClFN2O2. The first-order valence-corrected chi connectivity index (χ1v) is 8.16. The van der Waals surface area contributed by atoms with E-state index in [2.05, 4.69) is 10.3 Å². The Morgan fingerprint density at radius 2 is 1.88 bits per heavy atom. The first-order chi connectivity index (χ1) is 12.1. The number of hydrogen-bond acceptors (Lipinski definition) is 4. The van der Waals surface area contributed by atoms with E-state index in [1.54, 1.807) is 36.4 Å². The molecule has 2 heterocycles. The molecule has 3 aromatic rings. The van der Waals surface area contributed by atoms with E-state index in [1.165, 1.54) is 12.1 Å². The molecule has 2 aromatic carbocycles. The summed E-state index contributed by atoms with van der Waals surface area (Å²) in [5.41, 5.74) is 2.39. The first kappa shape index (κ1) is 15.7. The van der Waals surface area contributed by atoms with Gasteiger partial charge in [0.05, 0.1) is 12.2 Å². The predicted molar refractivity (Wildman–Crippen MR) is 95.7 cm³/mol. The van der Waals surface area contributed by atoms with Crippen LogP contribution in [0.1, 0.15) is 0 Å². The minimum atomic E-state index is -0.398. The highest BCUT2D eigenvalue weighted by molar-refractivity contribution is 6.30. The zero-order chi connectivity index (χ0) is 17.4. The van der Waals surface area contributed by atoms with Crippen LogP contribution >= 0.6 is 11.6 Å². The molecule has 1 aliphatic rings. The van der Waals surface area contributed by atoms with Crippen molar-refractivity contribution in [2.45, 2.75) is 0 Å². The lowest BCUT2D eigenvalue weighted by molar-refractivity contribution is 0.323. The van der Waals surface area contributed by atoms with Gasteiger partial charge in [0, 0.05) is 16.1 Å². The monoisotopic (exact) mass is 356 g/mol. The second kappa shape index (κ2) is 6.26. The summed E-state index contributed by atoms with van der Waals surface area (Å²) in [5.74, 6) is 0.950. The molecule has 1 aliphatic heterocycles. The van der Waals surface area contributed by atoms with Gasteiger partial charge in [0.25, 0.3) is 0 Å². The van der Waals surface area contributed by atoms with Crippen molar-refractivity contribution in [2.24, 2.45) is 0 Å². The van der Waals surface area contributed by atoms with Crippen LogP contribution in [0.2, 0.25) is 5.02 Å². The number of rotatable bonds is 2. The summed E-state index contributed by atoms with van der Waals surface area (Å²) in [5, 5.41) is 13.1. The number of nitrogens with zero attached hydrogens (tertiary/aromatic N) is 1. The van der Waals surface area contributed by atoms with Gasteiger partial charge >= 0.3 is 0 Å². The minimum Gasteiger partial charge on any atom is -0.508 e. The average Bonchev–Trinajstić information content (AvgIpc) is 2.63. The summed E-state index contributed by atoms with van der Waals surface area (Å²) >= 11 is 6.02. The molecule has 2 N–H and O–H groups in total. The number of ether oxygens (including phenoxy) is 1. The number of pyridine rings is 1. The number of nitrogens with one attached hydrogen (secondary N) is 1. The largest absolute Gasteiger partial charge is 0.508 e. The van der Waals surface area contributed by atoms with E-state index in [-0.39, 0.29) is 5.75 Å². The Labute approximate surface area is 148 Å². The van der Waals surface area contributed by atoms with Crippen LogP contribution in [0.5, 0.6) is 11.5 Å². The molecule has 1 aromatic heterocycles. The van der Waals surface area contributed by atoms with E-state index in [1.807, 2.05) is 0 Å². The highest BCUT2D eigenvalue weighted by Crippen LogP contribution is 2.40. The van der Waals surface area contributed by atoms with E-state index in [4.69, 9.17) is 16.3 Å². The van der Waals surface area contributed by atoms with Crippen molar-refractivity contribution in [1.29, 1.82) is 0 Å². The molecule has 0 radical (unpaired) electrons. The molecule has 0 atom stereocenters. The number of halogens is 2. The molecule has 126 valence electrons. The van der Waals surface area contributed by atoms with Crippen LogP contribution in [-0.2, 0) is 0 Å². The Hall–Kier alpha value is -2.79. The second-order valence-electron chi connectivity index (χ2n) is 5.68. The molecule has 0 fully saturated rings. The molecule has 4 rings (SSSR count). The van der Waals surface area contributed by atoms with Crippen LogP contribution < -0.4 is 10.1 Å². The molecular weight excluding hydrogens is 343 g/mol. The number of benzene rings is 2. The zero-order valence-corrected chi connectivity index (χ0v) is 13.8. The molecule has 0 aliphatic carbocycles. The summed E-state index contributed by atoms with van der Waals surface area (Å²) in [6.07, 6.45) is 0. The summed E-state index contributed by atoms with van der Waals surface area (Å²) in [4.78, 5) is 4.51. The highest BCUT2D eigenvalue weighted by Gasteiger charge is 2.20. The van der Waals surface area contributed by atoms with Gasteiger partial charge in [-0.25, -0.2) is 9.37 Å². The third-order valence-corrected chi connectivity index (χ3v) is 4.23. The van der Waals surface area contributed by atoms with E-state index >= 15 is 0 Å². The van der Waals surface area contributed by atoms with Crippen LogP contribution in [0.25, 0.3) is 22.4 Å². The van der Waals surface area contributed by atoms with Gasteiger partial charge in [-0.05, 0) is 42.0 Å². The fourth-order valence-corrected chi connectivity index (χ4v) is 2.98. The number of aromatic hydroxyl groups is 1. The minimum absolute atomic E-state index is 0.173. The van der Waals surface area contributed by atoms with Crippen molar-refractivity contribution in [2.75, 3.05) is 18.5 Å². The summed E-state index contributed by atoms with van der Waals surface area (Å²) in [7, 11) is 0. The average molecular weight is 357 g/mol. The second-order valence-corrected chi connectivity index (χ2v) is 6.12. The van der Waals surface area contributed by atoms with Crippen LogP contribution in [-0.4, -0.2) is 23.2 Å². The van der Waals surface area contributed by atoms with Crippen LogP contribution in [0.15, 0.2) is 48.5 Å². The fraction of sp³-hybridized carbons (Fsp3) is 0.105. The van der Waals surface area contributed by atoms with Gasteiger partial charge in [-0.3, -0.25) is 0 Å². The van der Waals surface area contributed by atoms with Gasteiger partial charge in [-0.1, -0.05) is 23.7 Å². The Bertz CT molecular complexity index is 945. The van der Waals surface area contributed by atoms with E-state index in [0.717, 1.165) is 11.1 Å². The first-order valence-electron chi connectivity index (χ1n) is 7.78. The highest BCUT2D eigenvalue weighted by atomic mass is 35.5. The zero-order valence-electron chi connectivity index (χ0n) is 13.1. The SMILES string of the molecule is Oc1ccc(-c2cc(-c3cc(Cl)ccc3F)nc3c2OCCN3)cc1. The number of aromatic nitrogens is 1. The molecule has 0 unspecified atom stereocenters. The Morgan fingerprint density at radius 1 is 1.08 bits per heavy atom. The smallest absolute Gasteiger partial charge is 0.170 e. The number of hydrogen-bond donors (Lipinski definition) is 2. The predicted octanol–water partition coefficient (Wildman–Crippen LogP) is 4.72. The summed E-state index contributed by atoms with van der Waals surface area (Å²) in [6.45, 7) is 1.14. The van der Waals surface area contributed by atoms with Crippen molar-refractivity contribution >= 4 is 17.4 Å². The van der Waals surface area contributed by atoms with Crippen LogP contribution in [0.3, 0.4) is 0 Å².